The molecular weight excluding hydrogens is 544 g/mol. The number of hydrogen-bond donors (Lipinski definition) is 2. The van der Waals surface area contributed by atoms with Crippen molar-refractivity contribution in [2.45, 2.75) is 56.1 Å². The van der Waals surface area contributed by atoms with Crippen LogP contribution >= 0.6 is 12.6 Å². The van der Waals surface area contributed by atoms with E-state index in [1.807, 2.05) is 30.3 Å². The smallest absolute Gasteiger partial charge is 0.223 e. The minimum Gasteiger partial charge on any atom is -0.629 e. The molecule has 4 aromatic rings. The first kappa shape index (κ1) is 27.5. The molecule has 0 bridgehead atoms. The number of carbonyl (C=O) groups is 1. The third-order valence-corrected chi connectivity index (χ3v) is 10.5. The molecule has 1 N–H and O–H groups in total. The first-order valence-corrected chi connectivity index (χ1v) is 15.3. The maximum Gasteiger partial charge on any atom is 0.223 e. The Labute approximate surface area is 251 Å². The molecule has 0 amide bonds. The maximum absolute atomic E-state index is 14.2. The predicted molar refractivity (Wildman–Crippen MR) is 166 cm³/mol. The summed E-state index contributed by atoms with van der Waals surface area (Å²) in [4.78, 5) is 20.9. The molecule has 3 aliphatic rings. The maximum atomic E-state index is 14.2. The van der Waals surface area contributed by atoms with Gasteiger partial charge in [-0.3, -0.25) is 4.79 Å². The number of thiol groups is 1. The number of nitrogens with one attached hydrogen (secondary N) is 1. The van der Waals surface area contributed by atoms with Gasteiger partial charge in [-0.25, -0.2) is 0 Å². The van der Waals surface area contributed by atoms with Crippen molar-refractivity contribution in [1.82, 2.24) is 15.0 Å². The summed E-state index contributed by atoms with van der Waals surface area (Å²) >= 11 is 5.16. The standard InChI is InChI=1S/C34H36N4O3S/c1-21-17-26(32-35-22(2)41-36-32)10-11-27(21)23-6-8-24(9-7-23)31(39)34(42)12-4-5-25-18-30-29(19-28(25)34)33(20-38(30)40)13-15-37(3)16-14-33/h6-11,17-19,38,42H,4-5,12-16,20H2,1-3H3. The van der Waals surface area contributed by atoms with Gasteiger partial charge in [-0.05, 0) is 99.1 Å². The van der Waals surface area contributed by atoms with Crippen molar-refractivity contribution in [2.24, 2.45) is 0 Å². The molecule has 2 atom stereocenters. The number of likely N-dealkylation sites (tertiary alicyclic amines) is 1. The number of carbonyl (C=O) groups excluding carboxylic acids is 1. The Balaban J connectivity index is 1.19. The second kappa shape index (κ2) is 10.2. The highest BCUT2D eigenvalue weighted by atomic mass is 32.1. The normalized spacial score (nSPS) is 23.1. The fourth-order valence-corrected chi connectivity index (χ4v) is 7.88. The van der Waals surface area contributed by atoms with Crippen molar-refractivity contribution in [3.05, 3.63) is 93.5 Å². The first-order valence-electron chi connectivity index (χ1n) is 14.9. The van der Waals surface area contributed by atoms with Gasteiger partial charge in [0.1, 0.15) is 10.4 Å². The number of piperidine rings is 1. The number of aryl methyl sites for hydroxylation is 3. The van der Waals surface area contributed by atoms with Gasteiger partial charge in [0, 0.05) is 29.7 Å². The molecule has 0 radical (unpaired) electrons. The highest BCUT2D eigenvalue weighted by Crippen LogP contribution is 2.49. The molecule has 0 saturated carbocycles. The SMILES string of the molecule is Cc1nc(-c2ccc(-c3ccc(C(=O)C4(S)CCCc5cc6c(cc54)C4(CCN(C)CC4)C[NH+]6[O-])cc3)c(C)c2)no1. The molecular formula is C34H36N4O3S. The zero-order chi connectivity index (χ0) is 29.2. The van der Waals surface area contributed by atoms with E-state index < -0.39 is 4.75 Å². The van der Waals surface area contributed by atoms with Crippen molar-refractivity contribution in [1.29, 1.82) is 0 Å². The minimum absolute atomic E-state index is 0.0274. The Morgan fingerprint density at radius 2 is 1.74 bits per heavy atom. The van der Waals surface area contributed by atoms with Crippen LogP contribution in [0.1, 0.15) is 64.2 Å². The molecule has 1 saturated heterocycles. The minimum atomic E-state index is -0.914. The lowest BCUT2D eigenvalue weighted by molar-refractivity contribution is -0.773. The third kappa shape index (κ3) is 4.43. The molecule has 1 aliphatic carbocycles. The Morgan fingerprint density at radius 1 is 1.00 bits per heavy atom. The number of benzene rings is 3. The molecule has 216 valence electrons. The van der Waals surface area contributed by atoms with Crippen LogP contribution in [0, 0.1) is 19.1 Å². The van der Waals surface area contributed by atoms with E-state index in [4.69, 9.17) is 17.2 Å². The lowest BCUT2D eigenvalue weighted by atomic mass is 9.71. The molecule has 8 heteroatoms. The lowest BCUT2D eigenvalue weighted by Crippen LogP contribution is -3.01. The summed E-state index contributed by atoms with van der Waals surface area (Å²) in [7, 11) is 2.15. The molecule has 2 unspecified atom stereocenters. The van der Waals surface area contributed by atoms with E-state index in [1.54, 1.807) is 6.92 Å². The molecule has 1 fully saturated rings. The highest BCUT2D eigenvalue weighted by molar-refractivity contribution is 7.82. The van der Waals surface area contributed by atoms with E-state index in [0.29, 0.717) is 30.2 Å². The van der Waals surface area contributed by atoms with Crippen molar-refractivity contribution in [2.75, 3.05) is 26.7 Å². The second-order valence-electron chi connectivity index (χ2n) is 12.5. The third-order valence-electron chi connectivity index (χ3n) is 9.83. The summed E-state index contributed by atoms with van der Waals surface area (Å²) in [6.45, 7) is 6.40. The van der Waals surface area contributed by atoms with Gasteiger partial charge in [-0.15, -0.1) is 0 Å². The summed E-state index contributed by atoms with van der Waals surface area (Å²) in [5.74, 6) is 1.14. The van der Waals surface area contributed by atoms with Crippen LogP contribution in [-0.2, 0) is 16.6 Å². The number of fused-ring (bicyclic) bond motifs is 3. The summed E-state index contributed by atoms with van der Waals surface area (Å²) in [6.07, 6.45) is 4.38. The number of Topliss-reactive ketones (excluding diaryl/α,β-unsaturated/α-hetero) is 1. The van der Waals surface area contributed by atoms with Crippen LogP contribution in [0.2, 0.25) is 0 Å². The Kier molecular flexibility index (Phi) is 6.66. The van der Waals surface area contributed by atoms with Crippen LogP contribution in [0.5, 0.6) is 0 Å². The van der Waals surface area contributed by atoms with Crippen LogP contribution in [0.3, 0.4) is 0 Å². The van der Waals surface area contributed by atoms with E-state index in [2.05, 4.69) is 53.3 Å². The summed E-state index contributed by atoms with van der Waals surface area (Å²) in [5.41, 5.74) is 8.80. The fraction of sp³-hybridized carbons (Fsp3) is 0.382. The molecule has 1 spiro atoms. The van der Waals surface area contributed by atoms with Gasteiger partial charge in [0.15, 0.2) is 5.78 Å². The number of hydroxylamine groups is 1. The van der Waals surface area contributed by atoms with Gasteiger partial charge in [0.2, 0.25) is 11.7 Å². The van der Waals surface area contributed by atoms with Crippen molar-refractivity contribution in [3.8, 4) is 22.5 Å². The number of aromatic nitrogens is 2. The molecule has 42 heavy (non-hydrogen) atoms. The largest absolute Gasteiger partial charge is 0.629 e. The second-order valence-corrected chi connectivity index (χ2v) is 13.3. The van der Waals surface area contributed by atoms with Gasteiger partial charge in [0.05, 0.1) is 12.0 Å². The average molecular weight is 581 g/mol. The van der Waals surface area contributed by atoms with Gasteiger partial charge in [0.25, 0.3) is 0 Å². The highest BCUT2D eigenvalue weighted by Gasteiger charge is 2.49. The molecule has 1 aromatic heterocycles. The molecule has 3 heterocycles. The zero-order valence-electron chi connectivity index (χ0n) is 24.4. The van der Waals surface area contributed by atoms with Gasteiger partial charge < -0.3 is 19.7 Å². The topological polar surface area (TPSA) is 86.7 Å². The first-order chi connectivity index (χ1) is 20.2. The van der Waals surface area contributed by atoms with Crippen LogP contribution in [0.25, 0.3) is 22.5 Å². The van der Waals surface area contributed by atoms with E-state index in [0.717, 1.165) is 83.4 Å². The number of ketones is 1. The van der Waals surface area contributed by atoms with Crippen molar-refractivity contribution >= 4 is 24.1 Å². The zero-order valence-corrected chi connectivity index (χ0v) is 25.3. The van der Waals surface area contributed by atoms with Crippen LogP contribution in [0.15, 0.2) is 59.1 Å². The van der Waals surface area contributed by atoms with E-state index in [-0.39, 0.29) is 16.3 Å². The predicted octanol–water partition coefficient (Wildman–Crippen LogP) is 5.36. The molecule has 3 aromatic carbocycles. The number of nitrogens with zero attached hydrogens (tertiary/aromatic N) is 3. The number of quaternary nitrogens is 1. The lowest BCUT2D eigenvalue weighted by Gasteiger charge is -2.38. The summed E-state index contributed by atoms with van der Waals surface area (Å²) < 4.78 is 4.22. The van der Waals surface area contributed by atoms with Crippen molar-refractivity contribution in [3.63, 3.8) is 0 Å². The van der Waals surface area contributed by atoms with Gasteiger partial charge in [-0.2, -0.15) is 17.6 Å². The Bertz CT molecular complexity index is 1690. The average Bonchev–Trinajstić information content (AvgIpc) is 3.54. The summed E-state index contributed by atoms with van der Waals surface area (Å²) in [6, 6.07) is 18.3. The van der Waals surface area contributed by atoms with Crippen LogP contribution in [-0.4, -0.2) is 47.5 Å². The molecule has 7 nitrogen and oxygen atoms in total. The van der Waals surface area contributed by atoms with E-state index >= 15 is 0 Å². The Hall–Kier alpha value is -3.30. The van der Waals surface area contributed by atoms with Crippen LogP contribution in [0.4, 0.5) is 5.69 Å². The number of hydrogen-bond acceptors (Lipinski definition) is 7. The van der Waals surface area contributed by atoms with Gasteiger partial charge >= 0.3 is 0 Å². The quantitative estimate of drug-likeness (QED) is 0.192. The Morgan fingerprint density at radius 3 is 2.43 bits per heavy atom. The van der Waals surface area contributed by atoms with Crippen LogP contribution < -0.4 is 5.06 Å². The molecule has 2 aliphatic heterocycles. The molecule has 7 rings (SSSR count). The summed E-state index contributed by atoms with van der Waals surface area (Å²) in [5, 5.41) is 17.5. The van der Waals surface area contributed by atoms with E-state index in [9.17, 15) is 10.0 Å². The fourth-order valence-electron chi connectivity index (χ4n) is 7.38. The van der Waals surface area contributed by atoms with E-state index in [1.165, 1.54) is 0 Å². The monoisotopic (exact) mass is 580 g/mol. The van der Waals surface area contributed by atoms with Crippen molar-refractivity contribution < 1.29 is 14.4 Å². The number of rotatable bonds is 4. The van der Waals surface area contributed by atoms with Gasteiger partial charge in [-0.1, -0.05) is 41.6 Å².